The second-order valence-electron chi connectivity index (χ2n) is 3.53. The van der Waals surface area contributed by atoms with Crippen LogP contribution in [0.25, 0.3) is 0 Å². The first-order valence-corrected chi connectivity index (χ1v) is 5.46. The molecule has 2 aromatic heterocycles. The Morgan fingerprint density at radius 2 is 2.17 bits per heavy atom. The molecule has 18 heavy (non-hydrogen) atoms. The molecule has 0 spiro atoms. The van der Waals surface area contributed by atoms with Crippen LogP contribution < -0.4 is 4.74 Å². The molecule has 0 bridgehead atoms. The van der Waals surface area contributed by atoms with Crippen LogP contribution in [0, 0.1) is 5.82 Å². The third kappa shape index (κ3) is 2.43. The van der Waals surface area contributed by atoms with Gasteiger partial charge >= 0.3 is 0 Å². The first kappa shape index (κ1) is 12.4. The van der Waals surface area contributed by atoms with Gasteiger partial charge in [0.05, 0.1) is 12.8 Å². The van der Waals surface area contributed by atoms with Gasteiger partial charge in [-0.1, -0.05) is 0 Å². The summed E-state index contributed by atoms with van der Waals surface area (Å²) >= 11 is 0. The summed E-state index contributed by atoms with van der Waals surface area (Å²) in [4.78, 5) is 3.77. The molecule has 94 valence electrons. The monoisotopic (exact) mass is 249 g/mol. The summed E-state index contributed by atoms with van der Waals surface area (Å²) in [6, 6.07) is 2.97. The van der Waals surface area contributed by atoms with Gasteiger partial charge in [0.2, 0.25) is 0 Å². The van der Waals surface area contributed by atoms with Crippen LogP contribution in [0.5, 0.6) is 5.88 Å². The predicted octanol–water partition coefficient (Wildman–Crippen LogP) is 1.49. The molecular formula is C12H12FN3O2. The van der Waals surface area contributed by atoms with Crippen molar-refractivity contribution in [1.29, 1.82) is 0 Å². The van der Waals surface area contributed by atoms with Crippen molar-refractivity contribution in [1.82, 2.24) is 15.2 Å². The number of aliphatic hydroxyl groups excluding tert-OH is 1. The molecule has 0 aliphatic carbocycles. The molecule has 1 atom stereocenters. The molecule has 2 heterocycles. The molecule has 0 saturated carbocycles. The lowest BCUT2D eigenvalue weighted by Gasteiger charge is -2.13. The van der Waals surface area contributed by atoms with Crippen LogP contribution in [0.2, 0.25) is 0 Å². The zero-order valence-electron chi connectivity index (χ0n) is 9.75. The van der Waals surface area contributed by atoms with E-state index < -0.39 is 11.9 Å². The summed E-state index contributed by atoms with van der Waals surface area (Å²) in [5.74, 6) is -0.778. The number of rotatable bonds is 4. The molecule has 2 rings (SSSR count). The largest absolute Gasteiger partial charge is 0.476 e. The first-order valence-electron chi connectivity index (χ1n) is 5.46. The van der Waals surface area contributed by atoms with Crippen molar-refractivity contribution in [2.75, 3.05) is 6.61 Å². The van der Waals surface area contributed by atoms with Gasteiger partial charge in [-0.3, -0.25) is 0 Å². The summed E-state index contributed by atoms with van der Waals surface area (Å²) in [7, 11) is 0. The lowest BCUT2D eigenvalue weighted by molar-refractivity contribution is 0.210. The number of halogens is 1. The molecule has 0 aliphatic rings. The van der Waals surface area contributed by atoms with Crippen LogP contribution in [0.3, 0.4) is 0 Å². The highest BCUT2D eigenvalue weighted by Gasteiger charge is 2.19. The molecule has 0 aliphatic heterocycles. The summed E-state index contributed by atoms with van der Waals surface area (Å²) in [6.45, 7) is 2.04. The van der Waals surface area contributed by atoms with Gasteiger partial charge < -0.3 is 9.84 Å². The molecule has 1 unspecified atom stereocenters. The highest BCUT2D eigenvalue weighted by Crippen LogP contribution is 2.27. The van der Waals surface area contributed by atoms with Gasteiger partial charge in [-0.05, 0) is 19.1 Å². The highest BCUT2D eigenvalue weighted by atomic mass is 19.1. The Bertz CT molecular complexity index is 522. The zero-order valence-corrected chi connectivity index (χ0v) is 9.75. The van der Waals surface area contributed by atoms with Crippen LogP contribution in [0.4, 0.5) is 4.39 Å². The second-order valence-corrected chi connectivity index (χ2v) is 3.53. The van der Waals surface area contributed by atoms with Crippen molar-refractivity contribution in [2.45, 2.75) is 13.0 Å². The first-order chi connectivity index (χ1) is 8.74. The van der Waals surface area contributed by atoms with Gasteiger partial charge in [-0.2, -0.15) is 10.2 Å². The number of hydrogen-bond acceptors (Lipinski definition) is 5. The average Bonchev–Trinajstić information content (AvgIpc) is 2.42. The molecule has 2 aromatic rings. The lowest BCUT2D eigenvalue weighted by atomic mass is 10.0. The lowest BCUT2D eigenvalue weighted by Crippen LogP contribution is -2.06. The third-order valence-corrected chi connectivity index (χ3v) is 2.39. The van der Waals surface area contributed by atoms with E-state index in [0.717, 1.165) is 0 Å². The van der Waals surface area contributed by atoms with E-state index in [0.29, 0.717) is 12.2 Å². The summed E-state index contributed by atoms with van der Waals surface area (Å²) in [6.07, 6.45) is 3.08. The molecule has 5 nitrogen and oxygen atoms in total. The second kappa shape index (κ2) is 5.50. The minimum atomic E-state index is -1.12. The fourth-order valence-corrected chi connectivity index (χ4v) is 1.53. The van der Waals surface area contributed by atoms with Crippen molar-refractivity contribution in [3.63, 3.8) is 0 Å². The molecule has 0 amide bonds. The topological polar surface area (TPSA) is 68.1 Å². The van der Waals surface area contributed by atoms with Crippen molar-refractivity contribution in [3.05, 3.63) is 47.7 Å². The fraction of sp³-hybridized carbons (Fsp3) is 0.250. The fourth-order valence-electron chi connectivity index (χ4n) is 1.53. The maximum Gasteiger partial charge on any atom is 0.250 e. The molecule has 0 fully saturated rings. The van der Waals surface area contributed by atoms with E-state index in [2.05, 4.69) is 15.2 Å². The zero-order chi connectivity index (χ0) is 13.0. The van der Waals surface area contributed by atoms with Crippen molar-refractivity contribution in [3.8, 4) is 5.88 Å². The van der Waals surface area contributed by atoms with Gasteiger partial charge in [0, 0.05) is 23.5 Å². The number of ether oxygens (including phenoxy) is 1. The summed E-state index contributed by atoms with van der Waals surface area (Å²) < 4.78 is 19.1. The average molecular weight is 249 g/mol. The van der Waals surface area contributed by atoms with Crippen molar-refractivity contribution < 1.29 is 14.2 Å². The smallest absolute Gasteiger partial charge is 0.250 e. The maximum absolute atomic E-state index is 14.0. The van der Waals surface area contributed by atoms with E-state index in [-0.39, 0.29) is 11.4 Å². The number of hydrogen-bond donors (Lipinski definition) is 1. The Morgan fingerprint density at radius 1 is 1.33 bits per heavy atom. The van der Waals surface area contributed by atoms with Crippen LogP contribution >= 0.6 is 0 Å². The maximum atomic E-state index is 14.0. The third-order valence-electron chi connectivity index (χ3n) is 2.39. The van der Waals surface area contributed by atoms with Gasteiger partial charge in [0.1, 0.15) is 6.10 Å². The Morgan fingerprint density at radius 3 is 2.83 bits per heavy atom. The van der Waals surface area contributed by atoms with Gasteiger partial charge in [-0.25, -0.2) is 9.37 Å². The number of nitrogens with zero attached hydrogens (tertiary/aromatic N) is 3. The van der Waals surface area contributed by atoms with Gasteiger partial charge in [-0.15, -0.1) is 0 Å². The van der Waals surface area contributed by atoms with Crippen LogP contribution in [0.15, 0.2) is 30.7 Å². The Kier molecular flexibility index (Phi) is 3.78. The van der Waals surface area contributed by atoms with Crippen LogP contribution in [0.1, 0.15) is 24.2 Å². The SMILES string of the molecule is CCOc1nccc(C(O)c2ccnnc2)c1F. The van der Waals surface area contributed by atoms with E-state index in [9.17, 15) is 9.50 Å². The van der Waals surface area contributed by atoms with Gasteiger partial charge in [0.25, 0.3) is 5.88 Å². The molecule has 0 saturated heterocycles. The minimum Gasteiger partial charge on any atom is -0.476 e. The summed E-state index contributed by atoms with van der Waals surface area (Å²) in [5.41, 5.74) is 0.555. The Hall–Kier alpha value is -2.08. The van der Waals surface area contributed by atoms with Crippen molar-refractivity contribution in [2.24, 2.45) is 0 Å². The minimum absolute atomic E-state index is 0.0986. The molecule has 6 heteroatoms. The highest BCUT2D eigenvalue weighted by molar-refractivity contribution is 5.31. The quantitative estimate of drug-likeness (QED) is 0.889. The van der Waals surface area contributed by atoms with Crippen molar-refractivity contribution >= 4 is 0 Å². The standard InChI is InChI=1S/C12H12FN3O2/c1-2-18-12-10(13)9(4-5-14-12)11(17)8-3-6-15-16-7-8/h3-7,11,17H,2H2,1H3. The Labute approximate surface area is 103 Å². The number of aliphatic hydroxyl groups is 1. The van der Waals surface area contributed by atoms with E-state index in [1.165, 1.54) is 24.7 Å². The number of pyridine rings is 1. The molecule has 0 radical (unpaired) electrons. The van der Waals surface area contributed by atoms with Crippen LogP contribution in [-0.4, -0.2) is 26.9 Å². The molecule has 0 aromatic carbocycles. The van der Waals surface area contributed by atoms with Crippen LogP contribution in [-0.2, 0) is 0 Å². The van der Waals surface area contributed by atoms with E-state index in [1.54, 1.807) is 13.0 Å². The normalized spacial score (nSPS) is 12.2. The van der Waals surface area contributed by atoms with Gasteiger partial charge in [0.15, 0.2) is 5.82 Å². The molecule has 1 N–H and O–H groups in total. The molecular weight excluding hydrogens is 237 g/mol. The van der Waals surface area contributed by atoms with E-state index in [1.807, 2.05) is 0 Å². The predicted molar refractivity (Wildman–Crippen MR) is 61.5 cm³/mol. The number of aromatic nitrogens is 3. The Balaban J connectivity index is 2.36. The summed E-state index contributed by atoms with van der Waals surface area (Å²) in [5, 5.41) is 17.3. The van der Waals surface area contributed by atoms with E-state index >= 15 is 0 Å². The van der Waals surface area contributed by atoms with E-state index in [4.69, 9.17) is 4.74 Å².